The highest BCUT2D eigenvalue weighted by molar-refractivity contribution is 5.89. The fourth-order valence-corrected chi connectivity index (χ4v) is 2.49. The summed E-state index contributed by atoms with van der Waals surface area (Å²) in [6, 6.07) is 7.32. The molecule has 21 heavy (non-hydrogen) atoms. The maximum Gasteiger partial charge on any atom is 0.337 e. The number of hydrogen-bond acceptors (Lipinski definition) is 4. The van der Waals surface area contributed by atoms with Crippen LogP contribution in [0.1, 0.15) is 35.8 Å². The zero-order valence-corrected chi connectivity index (χ0v) is 12.0. The van der Waals surface area contributed by atoms with Crippen LogP contribution in [0.15, 0.2) is 36.7 Å². The predicted octanol–water partition coefficient (Wildman–Crippen LogP) is 3.04. The van der Waals surface area contributed by atoms with Gasteiger partial charge in [-0.3, -0.25) is 0 Å². The van der Waals surface area contributed by atoms with Crippen LogP contribution in [0.4, 0.5) is 0 Å². The van der Waals surface area contributed by atoms with Crippen molar-refractivity contribution in [1.29, 1.82) is 0 Å². The van der Waals surface area contributed by atoms with Gasteiger partial charge in [0.05, 0.1) is 18.9 Å². The normalized spacial score (nSPS) is 18.4. The molecule has 0 amide bonds. The fourth-order valence-electron chi connectivity index (χ4n) is 2.49. The van der Waals surface area contributed by atoms with Gasteiger partial charge in [0.25, 0.3) is 0 Å². The first-order valence-corrected chi connectivity index (χ1v) is 7.12. The average molecular weight is 286 g/mol. The molecule has 1 fully saturated rings. The monoisotopic (exact) mass is 286 g/mol. The van der Waals surface area contributed by atoms with Crippen molar-refractivity contribution in [3.05, 3.63) is 42.2 Å². The molecule has 0 bridgehead atoms. The minimum atomic E-state index is -0.326. The van der Waals surface area contributed by atoms with Crippen LogP contribution in [0.25, 0.3) is 11.1 Å². The molecule has 1 saturated heterocycles. The minimum Gasteiger partial charge on any atom is -0.465 e. The third-order valence-corrected chi connectivity index (χ3v) is 3.69. The van der Waals surface area contributed by atoms with Crippen LogP contribution >= 0.6 is 0 Å². The second-order valence-corrected chi connectivity index (χ2v) is 5.10. The molecule has 2 aromatic rings. The second kappa shape index (κ2) is 6.10. The Morgan fingerprint density at radius 3 is 2.76 bits per heavy atom. The lowest BCUT2D eigenvalue weighted by Gasteiger charge is -2.22. The molecule has 2 heterocycles. The summed E-state index contributed by atoms with van der Waals surface area (Å²) in [5.41, 5.74) is 2.58. The summed E-state index contributed by atoms with van der Waals surface area (Å²) < 4.78 is 12.3. The molecule has 1 aromatic heterocycles. The SMILES string of the molecule is COC(=O)c1ccc(-c2cnn(C3CCCCO3)c2)cc1. The maximum absolute atomic E-state index is 11.4. The minimum absolute atomic E-state index is 0.0434. The summed E-state index contributed by atoms with van der Waals surface area (Å²) in [5.74, 6) is -0.326. The molecule has 0 saturated carbocycles. The quantitative estimate of drug-likeness (QED) is 0.814. The Bertz CT molecular complexity index is 613. The van der Waals surface area contributed by atoms with E-state index < -0.39 is 0 Å². The van der Waals surface area contributed by atoms with Crippen molar-refractivity contribution in [2.24, 2.45) is 0 Å². The van der Waals surface area contributed by atoms with Crippen LogP contribution in [-0.4, -0.2) is 29.5 Å². The van der Waals surface area contributed by atoms with Crippen molar-refractivity contribution >= 4 is 5.97 Å². The molecule has 0 spiro atoms. The highest BCUT2D eigenvalue weighted by Gasteiger charge is 2.16. The molecule has 1 aliphatic rings. The lowest BCUT2D eigenvalue weighted by atomic mass is 10.1. The molecule has 5 nitrogen and oxygen atoms in total. The van der Waals surface area contributed by atoms with Gasteiger partial charge in [0.2, 0.25) is 0 Å². The van der Waals surface area contributed by atoms with Crippen molar-refractivity contribution in [3.8, 4) is 11.1 Å². The second-order valence-electron chi connectivity index (χ2n) is 5.10. The standard InChI is InChI=1S/C16H18N2O3/c1-20-16(19)13-7-5-12(6-8-13)14-10-17-18(11-14)15-4-2-3-9-21-15/h5-8,10-11,15H,2-4,9H2,1H3. The maximum atomic E-state index is 11.4. The van der Waals surface area contributed by atoms with Crippen LogP contribution in [0.3, 0.4) is 0 Å². The fraction of sp³-hybridized carbons (Fsp3) is 0.375. The highest BCUT2D eigenvalue weighted by Crippen LogP contribution is 2.25. The summed E-state index contributed by atoms with van der Waals surface area (Å²) in [6.07, 6.45) is 7.16. The van der Waals surface area contributed by atoms with Gasteiger partial charge in [0.15, 0.2) is 0 Å². The molecule has 1 aliphatic heterocycles. The van der Waals surface area contributed by atoms with Gasteiger partial charge in [-0.05, 0) is 37.0 Å². The number of methoxy groups -OCH3 is 1. The molecular formula is C16H18N2O3. The Kier molecular flexibility index (Phi) is 4.01. The first-order valence-electron chi connectivity index (χ1n) is 7.12. The number of carbonyl (C=O) groups excluding carboxylic acids is 1. The molecule has 3 rings (SSSR count). The summed E-state index contributed by atoms with van der Waals surface area (Å²) in [4.78, 5) is 11.4. The number of hydrogen-bond donors (Lipinski definition) is 0. The van der Waals surface area contributed by atoms with Gasteiger partial charge in [-0.25, -0.2) is 9.48 Å². The number of benzene rings is 1. The Morgan fingerprint density at radius 2 is 2.10 bits per heavy atom. The number of carbonyl (C=O) groups is 1. The smallest absolute Gasteiger partial charge is 0.337 e. The van der Waals surface area contributed by atoms with E-state index in [1.54, 1.807) is 12.1 Å². The zero-order chi connectivity index (χ0) is 14.7. The van der Waals surface area contributed by atoms with E-state index in [0.717, 1.165) is 30.6 Å². The van der Waals surface area contributed by atoms with Gasteiger partial charge in [-0.1, -0.05) is 12.1 Å². The van der Waals surface area contributed by atoms with Crippen LogP contribution in [-0.2, 0) is 9.47 Å². The number of rotatable bonds is 3. The van der Waals surface area contributed by atoms with E-state index in [-0.39, 0.29) is 12.2 Å². The topological polar surface area (TPSA) is 53.3 Å². The molecule has 0 radical (unpaired) electrons. The molecule has 1 unspecified atom stereocenters. The van der Waals surface area contributed by atoms with Crippen LogP contribution in [0.2, 0.25) is 0 Å². The molecule has 110 valence electrons. The molecule has 5 heteroatoms. The Balaban J connectivity index is 1.77. The third-order valence-electron chi connectivity index (χ3n) is 3.69. The number of ether oxygens (including phenoxy) is 2. The van der Waals surface area contributed by atoms with Gasteiger partial charge in [-0.2, -0.15) is 5.10 Å². The van der Waals surface area contributed by atoms with Crippen LogP contribution < -0.4 is 0 Å². The molecular weight excluding hydrogens is 268 g/mol. The van der Waals surface area contributed by atoms with E-state index in [1.807, 2.05) is 29.2 Å². The van der Waals surface area contributed by atoms with E-state index in [4.69, 9.17) is 9.47 Å². The van der Waals surface area contributed by atoms with Crippen molar-refractivity contribution in [2.75, 3.05) is 13.7 Å². The van der Waals surface area contributed by atoms with E-state index >= 15 is 0 Å². The average Bonchev–Trinajstić information content (AvgIpc) is 3.05. The highest BCUT2D eigenvalue weighted by atomic mass is 16.5. The van der Waals surface area contributed by atoms with Gasteiger partial charge in [0, 0.05) is 18.4 Å². The van der Waals surface area contributed by atoms with E-state index in [9.17, 15) is 4.79 Å². The predicted molar refractivity (Wildman–Crippen MR) is 77.8 cm³/mol. The van der Waals surface area contributed by atoms with E-state index in [1.165, 1.54) is 13.5 Å². The van der Waals surface area contributed by atoms with Crippen molar-refractivity contribution in [3.63, 3.8) is 0 Å². The van der Waals surface area contributed by atoms with Crippen molar-refractivity contribution in [2.45, 2.75) is 25.5 Å². The molecule has 0 aliphatic carbocycles. The van der Waals surface area contributed by atoms with E-state index in [0.29, 0.717) is 5.56 Å². The lowest BCUT2D eigenvalue weighted by molar-refractivity contribution is -0.0394. The Morgan fingerprint density at radius 1 is 1.29 bits per heavy atom. The molecule has 0 N–H and O–H groups in total. The lowest BCUT2D eigenvalue weighted by Crippen LogP contribution is -2.18. The zero-order valence-electron chi connectivity index (χ0n) is 12.0. The Hall–Kier alpha value is -2.14. The number of esters is 1. The van der Waals surface area contributed by atoms with E-state index in [2.05, 4.69) is 5.10 Å². The summed E-state index contributed by atoms with van der Waals surface area (Å²) in [6.45, 7) is 0.799. The van der Waals surface area contributed by atoms with Crippen LogP contribution in [0.5, 0.6) is 0 Å². The van der Waals surface area contributed by atoms with Gasteiger partial charge in [0.1, 0.15) is 6.23 Å². The summed E-state index contributed by atoms with van der Waals surface area (Å²) in [7, 11) is 1.38. The summed E-state index contributed by atoms with van der Waals surface area (Å²) >= 11 is 0. The van der Waals surface area contributed by atoms with Crippen LogP contribution in [0, 0.1) is 0 Å². The molecule has 1 atom stereocenters. The van der Waals surface area contributed by atoms with Gasteiger partial charge >= 0.3 is 5.97 Å². The van der Waals surface area contributed by atoms with Gasteiger partial charge < -0.3 is 9.47 Å². The third kappa shape index (κ3) is 2.97. The number of aromatic nitrogens is 2. The largest absolute Gasteiger partial charge is 0.465 e. The first kappa shape index (κ1) is 13.8. The molecule has 1 aromatic carbocycles. The Labute approximate surface area is 123 Å². The van der Waals surface area contributed by atoms with Crippen molar-refractivity contribution in [1.82, 2.24) is 9.78 Å². The van der Waals surface area contributed by atoms with Gasteiger partial charge in [-0.15, -0.1) is 0 Å². The summed E-state index contributed by atoms with van der Waals surface area (Å²) in [5, 5.41) is 4.39. The van der Waals surface area contributed by atoms with Crippen molar-refractivity contribution < 1.29 is 14.3 Å². The first-order chi connectivity index (χ1) is 10.3. The number of nitrogens with zero attached hydrogens (tertiary/aromatic N) is 2.